The molecule has 82 heavy (non-hydrogen) atoms. The summed E-state index contributed by atoms with van der Waals surface area (Å²) in [5.41, 5.74) is 0. The minimum Gasteiger partial charge on any atom is -0.477 e. The number of carbonyl (C=O) groups is 4. The minimum atomic E-state index is -3.18. The zero-order valence-electron chi connectivity index (χ0n) is 43.9. The van der Waals surface area contributed by atoms with Crippen molar-refractivity contribution in [2.24, 2.45) is 0 Å². The Morgan fingerprint density at radius 1 is 0.500 bits per heavy atom. The van der Waals surface area contributed by atoms with Gasteiger partial charge >= 0.3 is 5.97 Å². The fourth-order valence-corrected chi connectivity index (χ4v) is 10.3. The molecule has 0 radical (unpaired) electrons. The molecular weight excluding hydrogens is 1130 g/mol. The molecule has 6 fully saturated rings. The molecule has 37 nitrogen and oxygen atoms in total. The van der Waals surface area contributed by atoms with E-state index in [0.29, 0.717) is 0 Å². The highest BCUT2D eigenvalue weighted by molar-refractivity contribution is 5.77. The van der Waals surface area contributed by atoms with Crippen LogP contribution in [0.2, 0.25) is 0 Å². The molecule has 6 aliphatic heterocycles. The molecule has 1 unspecified atom stereocenters. The Bertz CT molecular complexity index is 2090. The number of aliphatic carboxylic acids is 1. The zero-order chi connectivity index (χ0) is 61.0. The summed E-state index contributed by atoms with van der Waals surface area (Å²) in [6.45, 7) is -3.07. The fourth-order valence-electron chi connectivity index (χ4n) is 10.3. The number of amides is 3. The van der Waals surface area contributed by atoms with Gasteiger partial charge in [0.1, 0.15) is 140 Å². The molecule has 6 rings (SSSR count). The number of nitrogens with one attached hydrogen (secondary N) is 3. The summed E-state index contributed by atoms with van der Waals surface area (Å²) < 4.78 is 62.3. The van der Waals surface area contributed by atoms with Crippen molar-refractivity contribution >= 4 is 23.7 Å². The first kappa shape index (κ1) is 67.8. The van der Waals surface area contributed by atoms with E-state index in [9.17, 15) is 116 Å². The number of aliphatic hydroxyl groups excluding tert-OH is 18. The van der Waals surface area contributed by atoms with E-state index in [4.69, 9.17) is 52.1 Å². The van der Waals surface area contributed by atoms with Crippen LogP contribution < -0.4 is 16.0 Å². The van der Waals surface area contributed by atoms with E-state index >= 15 is 0 Å². The maximum Gasteiger partial charge on any atom is 0.364 e. The van der Waals surface area contributed by atoms with Gasteiger partial charge in [-0.05, 0) is 0 Å². The molecule has 6 heterocycles. The second kappa shape index (κ2) is 28.9. The molecule has 6 saturated heterocycles. The smallest absolute Gasteiger partial charge is 0.364 e. The Labute approximate surface area is 463 Å². The first-order valence-corrected chi connectivity index (χ1v) is 25.7. The number of hydrogen-bond acceptors (Lipinski definition) is 33. The molecule has 6 aliphatic rings. The van der Waals surface area contributed by atoms with Crippen molar-refractivity contribution in [1.82, 2.24) is 16.0 Å². The number of carboxylic acids is 1. The number of carbonyl (C=O) groups excluding carboxylic acids is 3. The molecule has 0 aromatic heterocycles. The maximum atomic E-state index is 13.0. The Hall–Kier alpha value is -3.28. The summed E-state index contributed by atoms with van der Waals surface area (Å²) in [5.74, 6) is -7.75. The average molecular weight is 1200 g/mol. The lowest BCUT2D eigenvalue weighted by molar-refractivity contribution is -0.384. The third-order valence-electron chi connectivity index (χ3n) is 14.6. The van der Waals surface area contributed by atoms with Crippen LogP contribution in [-0.4, -0.2) is 350 Å². The van der Waals surface area contributed by atoms with Crippen LogP contribution in [-0.2, 0) is 71.3 Å². The van der Waals surface area contributed by atoms with Gasteiger partial charge in [-0.25, -0.2) is 4.79 Å². The second-order valence-corrected chi connectivity index (χ2v) is 20.4. The molecular formula is C45H75N3O34. The lowest BCUT2D eigenvalue weighted by atomic mass is 9.88. The van der Waals surface area contributed by atoms with Crippen molar-refractivity contribution in [2.75, 3.05) is 39.6 Å². The van der Waals surface area contributed by atoms with Crippen LogP contribution in [0, 0.1) is 0 Å². The first-order valence-electron chi connectivity index (χ1n) is 25.7. The summed E-state index contributed by atoms with van der Waals surface area (Å²) in [6, 6.07) is -5.12. The van der Waals surface area contributed by atoms with Crippen molar-refractivity contribution in [3.8, 4) is 0 Å². The van der Waals surface area contributed by atoms with Crippen LogP contribution in [0.3, 0.4) is 0 Å². The zero-order valence-corrected chi connectivity index (χ0v) is 43.9. The van der Waals surface area contributed by atoms with E-state index in [1.807, 2.05) is 0 Å². The summed E-state index contributed by atoms with van der Waals surface area (Å²) in [6.07, 6.45) is -54.5. The Balaban J connectivity index is 1.15. The van der Waals surface area contributed by atoms with Gasteiger partial charge < -0.3 is 165 Å². The molecule has 0 aromatic carbocycles. The van der Waals surface area contributed by atoms with E-state index < -0.39 is 259 Å². The van der Waals surface area contributed by atoms with E-state index in [0.717, 1.165) is 20.8 Å². The quantitative estimate of drug-likeness (QED) is 0.0479. The van der Waals surface area contributed by atoms with Gasteiger partial charge in [-0.3, -0.25) is 14.4 Å². The van der Waals surface area contributed by atoms with Crippen LogP contribution in [0.5, 0.6) is 0 Å². The topological polar surface area (TPSA) is 590 Å². The third kappa shape index (κ3) is 14.7. The predicted octanol–water partition coefficient (Wildman–Crippen LogP) is -14.5. The largest absolute Gasteiger partial charge is 0.477 e. The van der Waals surface area contributed by atoms with Crippen molar-refractivity contribution in [2.45, 2.75) is 217 Å². The van der Waals surface area contributed by atoms with Crippen molar-refractivity contribution in [3.63, 3.8) is 0 Å². The molecule has 474 valence electrons. The lowest BCUT2D eigenvalue weighted by Gasteiger charge is -2.51. The van der Waals surface area contributed by atoms with Crippen molar-refractivity contribution < 1.29 is 168 Å². The van der Waals surface area contributed by atoms with Crippen molar-refractivity contribution in [1.29, 1.82) is 0 Å². The number of rotatable bonds is 22. The van der Waals surface area contributed by atoms with E-state index in [1.165, 1.54) is 0 Å². The number of aliphatic hydroxyl groups is 18. The molecule has 3 amide bonds. The fraction of sp³-hybridized carbons (Fsp3) is 0.911. The molecule has 31 atom stereocenters. The highest BCUT2D eigenvalue weighted by Crippen LogP contribution is 2.39. The summed E-state index contributed by atoms with van der Waals surface area (Å²) in [5, 5.41) is 211. The van der Waals surface area contributed by atoms with E-state index in [-0.39, 0.29) is 0 Å². The molecule has 22 N–H and O–H groups in total. The average Bonchev–Trinajstić information content (AvgIpc) is 2.06. The van der Waals surface area contributed by atoms with E-state index in [1.54, 1.807) is 0 Å². The van der Waals surface area contributed by atoms with Gasteiger partial charge in [0.2, 0.25) is 17.7 Å². The van der Waals surface area contributed by atoms with Crippen LogP contribution in [0.1, 0.15) is 27.2 Å². The normalized spacial score (nSPS) is 46.3. The number of hydrogen-bond donors (Lipinski definition) is 22. The van der Waals surface area contributed by atoms with Crippen LogP contribution >= 0.6 is 0 Å². The standard InChI is InChI=1S/C45H75N3O34/c1-11(54)46-21-14(57)4-45(44(70)71,81-36(21)24(59)15(58)5-49)82-37-27(62)17(7-51)75-43(33(37)68)79-34-18(8-52)76-40(22(28(34)63)47-12(2)55)72-10-20-26(61)31(66)38(39(69)73-20)80-41-23(48-13(3)56)29(64)35(19(9-53)77-41)78-42-32(67)30(65)25(60)16(6-50)74-42/h14-43,49-53,57-69H,4-10H2,1-3H3,(H,46,54)(H,47,55)(H,48,56)(H,70,71)/t14-,15+,16+,17+,18+,19+,20+,21+,22+,23+,24+,25-,26+,27-,28+,29+,30-,31-,32+,33+,34+,35+,36+,37-,38-,39?,40+,41-,42-,43-,45-/m0/s1. The van der Waals surface area contributed by atoms with Gasteiger partial charge in [0.05, 0.1) is 51.8 Å². The van der Waals surface area contributed by atoms with Crippen LogP contribution in [0.25, 0.3) is 0 Å². The van der Waals surface area contributed by atoms with Crippen LogP contribution in [0.4, 0.5) is 0 Å². The van der Waals surface area contributed by atoms with Gasteiger partial charge in [0.15, 0.2) is 31.5 Å². The lowest BCUT2D eigenvalue weighted by Crippen LogP contribution is -2.71. The van der Waals surface area contributed by atoms with E-state index in [2.05, 4.69) is 16.0 Å². The molecule has 0 aromatic rings. The SMILES string of the molecule is CC(=O)N[C@H]1[C@H](O[C@@H]2C(O)O[C@H](CO[C@@H]3O[C@H](CO)[C@@H](O[C@@H]4O[C@H](CO)[C@H](O)[C@H](O[C@]5(C(=O)O)C[C@H](O)[C@@H](NC(C)=O)[C@H]([C@H](O)[C@H](O)CO)O5)[C@H]4O)[C@H](O)[C@H]3NC(C)=O)[C@@H](O)[C@@H]2O)O[C@H](CO)[C@@H](O[C@@H]2O[C@H](CO)[C@H](O)[C@H](O)[C@H]2O)[C@@H]1O. The highest BCUT2D eigenvalue weighted by atomic mass is 16.8. The van der Waals surface area contributed by atoms with Gasteiger partial charge in [0.25, 0.3) is 5.79 Å². The van der Waals surface area contributed by atoms with Crippen molar-refractivity contribution in [3.05, 3.63) is 0 Å². The Kier molecular flexibility index (Phi) is 23.9. The predicted molar refractivity (Wildman–Crippen MR) is 251 cm³/mol. The monoisotopic (exact) mass is 1200 g/mol. The first-order chi connectivity index (χ1) is 38.6. The summed E-state index contributed by atoms with van der Waals surface area (Å²) in [4.78, 5) is 49.9. The molecule has 0 spiro atoms. The molecule has 0 aliphatic carbocycles. The van der Waals surface area contributed by atoms with Gasteiger partial charge in [-0.1, -0.05) is 0 Å². The number of carboxylic acid groups (broad SMARTS) is 1. The minimum absolute atomic E-state index is 0.820. The molecule has 0 saturated carbocycles. The summed E-state index contributed by atoms with van der Waals surface area (Å²) in [7, 11) is 0. The molecule has 37 heteroatoms. The number of ether oxygens (including phenoxy) is 11. The van der Waals surface area contributed by atoms with Gasteiger partial charge in [0, 0.05) is 27.2 Å². The highest BCUT2D eigenvalue weighted by Gasteiger charge is 2.61. The Morgan fingerprint density at radius 3 is 1.45 bits per heavy atom. The Morgan fingerprint density at radius 2 is 0.951 bits per heavy atom. The summed E-state index contributed by atoms with van der Waals surface area (Å²) >= 11 is 0. The second-order valence-electron chi connectivity index (χ2n) is 20.4. The van der Waals surface area contributed by atoms with Gasteiger partial charge in [-0.2, -0.15) is 0 Å². The van der Waals surface area contributed by atoms with Crippen LogP contribution in [0.15, 0.2) is 0 Å². The van der Waals surface area contributed by atoms with Gasteiger partial charge in [-0.15, -0.1) is 0 Å². The maximum absolute atomic E-state index is 13.0. The molecule has 0 bridgehead atoms. The third-order valence-corrected chi connectivity index (χ3v) is 14.6.